The van der Waals surface area contributed by atoms with Crippen molar-refractivity contribution in [1.82, 2.24) is 15.2 Å². The minimum absolute atomic E-state index is 0.149. The van der Waals surface area contributed by atoms with Crippen LogP contribution in [-0.2, 0) is 14.4 Å². The molecule has 31 heavy (non-hydrogen) atoms. The van der Waals surface area contributed by atoms with Gasteiger partial charge in [0.2, 0.25) is 11.8 Å². The highest BCUT2D eigenvalue weighted by Gasteiger charge is 2.54. The molecule has 2 aliphatic rings. The predicted molar refractivity (Wildman–Crippen MR) is 117 cm³/mol. The standard InChI is InChI=1S/C21H23N5O4S/c1-12(26-18(29)21(25-20(26)30)9-3-4-10-21)17(28)24-19-23-16(11-31-19)14-5-7-15(8-6-14)22-13(2)27/h5-8,11-12H,3-4,9-10H2,1-2H3,(H,22,27)(H,25,30)(H,23,24,28). The average Bonchev–Trinajstić information content (AvgIpc) is 3.43. The van der Waals surface area contributed by atoms with E-state index in [4.69, 9.17) is 0 Å². The van der Waals surface area contributed by atoms with E-state index in [0.717, 1.165) is 23.3 Å². The van der Waals surface area contributed by atoms with Crippen molar-refractivity contribution in [2.75, 3.05) is 10.6 Å². The van der Waals surface area contributed by atoms with E-state index in [-0.39, 0.29) is 11.8 Å². The molecule has 9 nitrogen and oxygen atoms in total. The van der Waals surface area contributed by atoms with Crippen molar-refractivity contribution in [3.05, 3.63) is 29.6 Å². The lowest BCUT2D eigenvalue weighted by molar-refractivity contribution is -0.136. The zero-order valence-corrected chi connectivity index (χ0v) is 18.0. The summed E-state index contributed by atoms with van der Waals surface area (Å²) < 4.78 is 0. The van der Waals surface area contributed by atoms with Gasteiger partial charge in [0.15, 0.2) is 5.13 Å². The van der Waals surface area contributed by atoms with Gasteiger partial charge < -0.3 is 16.0 Å². The second-order valence-corrected chi connectivity index (χ2v) is 8.71. The van der Waals surface area contributed by atoms with E-state index in [1.54, 1.807) is 17.5 Å². The molecule has 5 amide bonds. The Kier molecular flexibility index (Phi) is 5.48. The Morgan fingerprint density at radius 2 is 1.84 bits per heavy atom. The zero-order valence-electron chi connectivity index (χ0n) is 17.2. The molecule has 3 N–H and O–H groups in total. The summed E-state index contributed by atoms with van der Waals surface area (Å²) >= 11 is 1.25. The molecule has 1 aromatic heterocycles. The van der Waals surface area contributed by atoms with Crippen LogP contribution >= 0.6 is 11.3 Å². The molecule has 1 unspecified atom stereocenters. The van der Waals surface area contributed by atoms with Gasteiger partial charge in [-0.3, -0.25) is 14.4 Å². The number of urea groups is 1. The monoisotopic (exact) mass is 441 g/mol. The minimum atomic E-state index is -0.947. The van der Waals surface area contributed by atoms with Gasteiger partial charge in [-0.05, 0) is 31.9 Å². The lowest BCUT2D eigenvalue weighted by atomic mass is 9.97. The highest BCUT2D eigenvalue weighted by Crippen LogP contribution is 2.36. The van der Waals surface area contributed by atoms with E-state index in [1.165, 1.54) is 25.2 Å². The molecule has 10 heteroatoms. The number of imide groups is 1. The van der Waals surface area contributed by atoms with Gasteiger partial charge in [-0.25, -0.2) is 14.7 Å². The molecule has 4 rings (SSSR count). The summed E-state index contributed by atoms with van der Waals surface area (Å²) in [5.41, 5.74) is 1.34. The smallest absolute Gasteiger partial charge is 0.325 e. The molecule has 0 radical (unpaired) electrons. The normalized spacial score (nSPS) is 18.2. The third kappa shape index (κ3) is 4.02. The first kappa shape index (κ1) is 21.0. The zero-order chi connectivity index (χ0) is 22.2. The summed E-state index contributed by atoms with van der Waals surface area (Å²) in [6.07, 6.45) is 2.99. The Morgan fingerprint density at radius 1 is 1.16 bits per heavy atom. The maximum Gasteiger partial charge on any atom is 0.325 e. The number of benzene rings is 1. The number of hydrogen-bond acceptors (Lipinski definition) is 6. The van der Waals surface area contributed by atoms with Crippen molar-refractivity contribution in [3.8, 4) is 11.3 Å². The summed E-state index contributed by atoms with van der Waals surface area (Å²) in [6, 6.07) is 5.72. The quantitative estimate of drug-likeness (QED) is 0.616. The van der Waals surface area contributed by atoms with Crippen LogP contribution in [0.2, 0.25) is 0 Å². The fraction of sp³-hybridized carbons (Fsp3) is 0.381. The number of anilines is 2. The minimum Gasteiger partial charge on any atom is -0.326 e. The van der Waals surface area contributed by atoms with Crippen molar-refractivity contribution in [2.45, 2.75) is 51.1 Å². The van der Waals surface area contributed by atoms with Gasteiger partial charge in [-0.1, -0.05) is 25.0 Å². The molecule has 1 aromatic carbocycles. The second-order valence-electron chi connectivity index (χ2n) is 7.86. The maximum absolute atomic E-state index is 12.8. The number of aromatic nitrogens is 1. The van der Waals surface area contributed by atoms with Crippen LogP contribution in [0.3, 0.4) is 0 Å². The summed E-state index contributed by atoms with van der Waals surface area (Å²) in [4.78, 5) is 54.6. The number of hydrogen-bond donors (Lipinski definition) is 3. The van der Waals surface area contributed by atoms with Crippen molar-refractivity contribution in [1.29, 1.82) is 0 Å². The average molecular weight is 442 g/mol. The number of amides is 5. The third-order valence-electron chi connectivity index (χ3n) is 5.65. The van der Waals surface area contributed by atoms with Gasteiger partial charge in [-0.2, -0.15) is 0 Å². The molecule has 1 aliphatic carbocycles. The van der Waals surface area contributed by atoms with Crippen molar-refractivity contribution in [3.63, 3.8) is 0 Å². The van der Waals surface area contributed by atoms with Gasteiger partial charge in [0.05, 0.1) is 5.69 Å². The highest BCUT2D eigenvalue weighted by atomic mass is 32.1. The van der Waals surface area contributed by atoms with Crippen molar-refractivity contribution >= 4 is 45.9 Å². The predicted octanol–water partition coefficient (Wildman–Crippen LogP) is 2.96. The third-order valence-corrected chi connectivity index (χ3v) is 6.41. The topological polar surface area (TPSA) is 121 Å². The van der Waals surface area contributed by atoms with Crippen LogP contribution in [0.15, 0.2) is 29.6 Å². The molecule has 0 bridgehead atoms. The Bertz CT molecular complexity index is 1040. The molecule has 1 atom stereocenters. The van der Waals surface area contributed by atoms with Gasteiger partial charge in [0.1, 0.15) is 11.6 Å². The van der Waals surface area contributed by atoms with E-state index in [9.17, 15) is 19.2 Å². The fourth-order valence-electron chi connectivity index (χ4n) is 4.03. The molecule has 1 aliphatic heterocycles. The van der Waals surface area contributed by atoms with Gasteiger partial charge in [0, 0.05) is 23.6 Å². The summed E-state index contributed by atoms with van der Waals surface area (Å²) in [5, 5.41) is 10.4. The number of thiazole rings is 1. The van der Waals surface area contributed by atoms with E-state index in [1.807, 2.05) is 12.1 Å². The SMILES string of the molecule is CC(=O)Nc1ccc(-c2csc(NC(=O)C(C)N3C(=O)NC4(CCCC4)C3=O)n2)cc1. The van der Waals surface area contributed by atoms with Crippen molar-refractivity contribution < 1.29 is 19.2 Å². The first-order valence-electron chi connectivity index (χ1n) is 10.1. The lowest BCUT2D eigenvalue weighted by Gasteiger charge is -2.23. The Balaban J connectivity index is 1.42. The molecule has 1 saturated carbocycles. The van der Waals surface area contributed by atoms with Crippen LogP contribution in [0.1, 0.15) is 39.5 Å². The summed E-state index contributed by atoms with van der Waals surface area (Å²) in [7, 11) is 0. The first-order valence-corrected chi connectivity index (χ1v) is 11.0. The molecule has 1 saturated heterocycles. The van der Waals surface area contributed by atoms with Crippen LogP contribution in [0.4, 0.5) is 15.6 Å². The molecule has 2 fully saturated rings. The Labute approximate surface area is 183 Å². The number of carbonyl (C=O) groups excluding carboxylic acids is 4. The van der Waals surface area contributed by atoms with E-state index in [2.05, 4.69) is 20.9 Å². The van der Waals surface area contributed by atoms with E-state index < -0.39 is 23.5 Å². The van der Waals surface area contributed by atoms with Gasteiger partial charge in [0.25, 0.3) is 5.91 Å². The second kappa shape index (κ2) is 8.10. The van der Waals surface area contributed by atoms with Gasteiger partial charge >= 0.3 is 6.03 Å². The Hall–Kier alpha value is -3.27. The lowest BCUT2D eigenvalue weighted by Crippen LogP contribution is -2.48. The summed E-state index contributed by atoms with van der Waals surface area (Å²) in [5.74, 6) is -0.943. The van der Waals surface area contributed by atoms with Crippen LogP contribution in [-0.4, -0.2) is 45.2 Å². The highest BCUT2D eigenvalue weighted by molar-refractivity contribution is 7.14. The van der Waals surface area contributed by atoms with Crippen LogP contribution < -0.4 is 16.0 Å². The number of nitrogens with zero attached hydrogens (tertiary/aromatic N) is 2. The molecule has 1 spiro atoms. The largest absolute Gasteiger partial charge is 0.326 e. The fourth-order valence-corrected chi connectivity index (χ4v) is 4.75. The number of carbonyl (C=O) groups is 4. The summed E-state index contributed by atoms with van der Waals surface area (Å²) in [6.45, 7) is 2.98. The molecular formula is C21H23N5O4S. The Morgan fingerprint density at radius 3 is 2.48 bits per heavy atom. The van der Waals surface area contributed by atoms with E-state index in [0.29, 0.717) is 29.4 Å². The van der Waals surface area contributed by atoms with Crippen LogP contribution in [0, 0.1) is 0 Å². The molecule has 2 heterocycles. The molecule has 162 valence electrons. The maximum atomic E-state index is 12.8. The van der Waals surface area contributed by atoms with Crippen LogP contribution in [0.25, 0.3) is 11.3 Å². The molecular weight excluding hydrogens is 418 g/mol. The molecule has 2 aromatic rings. The van der Waals surface area contributed by atoms with Crippen molar-refractivity contribution in [2.24, 2.45) is 0 Å². The first-order chi connectivity index (χ1) is 14.8. The number of nitrogens with one attached hydrogen (secondary N) is 3. The van der Waals surface area contributed by atoms with E-state index >= 15 is 0 Å². The van der Waals surface area contributed by atoms with Gasteiger partial charge in [-0.15, -0.1) is 11.3 Å². The van der Waals surface area contributed by atoms with Crippen LogP contribution in [0.5, 0.6) is 0 Å². The number of rotatable bonds is 5.